The van der Waals surface area contributed by atoms with E-state index in [4.69, 9.17) is 0 Å². The Morgan fingerprint density at radius 2 is 1.89 bits per heavy atom. The summed E-state index contributed by atoms with van der Waals surface area (Å²) in [5.74, 6) is 0.619. The number of nitrogens with one attached hydrogen (secondary N) is 1. The van der Waals surface area contributed by atoms with E-state index in [0.717, 1.165) is 18.0 Å². The third kappa shape index (κ3) is 4.29. The number of hydrogen-bond donors (Lipinski definition) is 1. The van der Waals surface area contributed by atoms with Crippen LogP contribution >= 0.6 is 0 Å². The van der Waals surface area contributed by atoms with Crippen molar-refractivity contribution in [2.45, 2.75) is 32.7 Å². The normalized spacial score (nSPS) is 19.5. The number of likely N-dealkylation sites (tertiary alicyclic amines) is 1. The molecule has 0 bridgehead atoms. The van der Waals surface area contributed by atoms with Crippen molar-refractivity contribution in [3.05, 3.63) is 35.6 Å². The van der Waals surface area contributed by atoms with E-state index in [0.29, 0.717) is 6.04 Å². The molecule has 0 aromatic heterocycles. The third-order valence-corrected chi connectivity index (χ3v) is 4.24. The maximum Gasteiger partial charge on any atom is 0.123 e. The molecule has 0 amide bonds. The molecular formula is C16H25FN2. The lowest BCUT2D eigenvalue weighted by Crippen LogP contribution is -2.37. The van der Waals surface area contributed by atoms with Gasteiger partial charge < -0.3 is 10.2 Å². The number of hydrogen-bond acceptors (Lipinski definition) is 2. The maximum absolute atomic E-state index is 12.9. The summed E-state index contributed by atoms with van der Waals surface area (Å²) >= 11 is 0. The van der Waals surface area contributed by atoms with Crippen molar-refractivity contribution in [3.8, 4) is 0 Å². The number of nitrogens with zero attached hydrogens (tertiary/aromatic N) is 1. The van der Waals surface area contributed by atoms with Gasteiger partial charge in [-0.1, -0.05) is 19.1 Å². The molecule has 106 valence electrons. The molecule has 19 heavy (non-hydrogen) atoms. The molecule has 0 saturated carbocycles. The van der Waals surface area contributed by atoms with Gasteiger partial charge in [0, 0.05) is 6.04 Å². The second-order valence-corrected chi connectivity index (χ2v) is 5.56. The summed E-state index contributed by atoms with van der Waals surface area (Å²) in [7, 11) is 0. The van der Waals surface area contributed by atoms with Gasteiger partial charge in [-0.2, -0.15) is 0 Å². The van der Waals surface area contributed by atoms with Gasteiger partial charge in [0.05, 0.1) is 0 Å². The van der Waals surface area contributed by atoms with E-state index in [1.165, 1.54) is 44.6 Å². The minimum absolute atomic E-state index is 0.164. The lowest BCUT2D eigenvalue weighted by molar-refractivity contribution is 0.188. The van der Waals surface area contributed by atoms with Gasteiger partial charge >= 0.3 is 0 Å². The third-order valence-electron chi connectivity index (χ3n) is 4.24. The molecule has 1 aromatic rings. The molecule has 0 spiro atoms. The molecule has 0 aliphatic carbocycles. The lowest BCUT2D eigenvalue weighted by Gasteiger charge is -2.31. The Morgan fingerprint density at radius 3 is 2.47 bits per heavy atom. The van der Waals surface area contributed by atoms with Crippen LogP contribution in [-0.2, 0) is 0 Å². The van der Waals surface area contributed by atoms with E-state index < -0.39 is 0 Å². The first-order valence-corrected chi connectivity index (χ1v) is 7.40. The molecule has 2 nitrogen and oxygen atoms in total. The molecule has 2 rings (SSSR count). The van der Waals surface area contributed by atoms with Crippen LogP contribution in [-0.4, -0.2) is 31.1 Å². The Balaban J connectivity index is 1.75. The number of rotatable bonds is 5. The lowest BCUT2D eigenvalue weighted by atomic mass is 9.96. The van der Waals surface area contributed by atoms with Crippen LogP contribution in [0.1, 0.15) is 38.3 Å². The highest BCUT2D eigenvalue weighted by Gasteiger charge is 2.18. The molecule has 1 unspecified atom stereocenters. The van der Waals surface area contributed by atoms with E-state index in [9.17, 15) is 4.39 Å². The average molecular weight is 264 g/mol. The molecule has 1 aliphatic rings. The van der Waals surface area contributed by atoms with Crippen LogP contribution in [0.15, 0.2) is 24.3 Å². The van der Waals surface area contributed by atoms with Crippen molar-refractivity contribution < 1.29 is 4.39 Å². The maximum atomic E-state index is 12.9. The van der Waals surface area contributed by atoms with Crippen LogP contribution in [0, 0.1) is 11.7 Å². The Bertz CT molecular complexity index is 369. The van der Waals surface area contributed by atoms with Crippen molar-refractivity contribution in [2.75, 3.05) is 26.2 Å². The number of piperidine rings is 1. The van der Waals surface area contributed by atoms with Crippen LogP contribution in [0.3, 0.4) is 0 Å². The average Bonchev–Trinajstić information content (AvgIpc) is 2.46. The highest BCUT2D eigenvalue weighted by atomic mass is 19.1. The number of halogens is 1. The fourth-order valence-corrected chi connectivity index (χ4v) is 2.72. The zero-order valence-corrected chi connectivity index (χ0v) is 12.0. The fourth-order valence-electron chi connectivity index (χ4n) is 2.72. The van der Waals surface area contributed by atoms with Crippen molar-refractivity contribution in [3.63, 3.8) is 0 Å². The van der Waals surface area contributed by atoms with E-state index in [2.05, 4.69) is 24.1 Å². The highest BCUT2D eigenvalue weighted by molar-refractivity contribution is 5.19. The largest absolute Gasteiger partial charge is 0.310 e. The van der Waals surface area contributed by atoms with Crippen molar-refractivity contribution in [1.82, 2.24) is 10.2 Å². The van der Waals surface area contributed by atoms with Gasteiger partial charge in [0.1, 0.15) is 5.82 Å². The first-order valence-electron chi connectivity index (χ1n) is 7.40. The summed E-state index contributed by atoms with van der Waals surface area (Å²) in [6, 6.07) is 7.10. The van der Waals surface area contributed by atoms with Crippen LogP contribution in [0.5, 0.6) is 0 Å². The van der Waals surface area contributed by atoms with Crippen LogP contribution in [0.25, 0.3) is 0 Å². The quantitative estimate of drug-likeness (QED) is 0.878. The van der Waals surface area contributed by atoms with Crippen LogP contribution in [0.4, 0.5) is 4.39 Å². The highest BCUT2D eigenvalue weighted by Crippen LogP contribution is 2.18. The van der Waals surface area contributed by atoms with Crippen molar-refractivity contribution in [1.29, 1.82) is 0 Å². The summed E-state index contributed by atoms with van der Waals surface area (Å²) < 4.78 is 12.9. The topological polar surface area (TPSA) is 15.3 Å². The summed E-state index contributed by atoms with van der Waals surface area (Å²) in [6.07, 6.45) is 2.58. The Labute approximate surface area is 116 Å². The smallest absolute Gasteiger partial charge is 0.123 e. The predicted molar refractivity (Wildman–Crippen MR) is 77.7 cm³/mol. The van der Waals surface area contributed by atoms with Gasteiger partial charge in [0.15, 0.2) is 0 Å². The molecule has 1 atom stereocenters. The fraction of sp³-hybridized carbons (Fsp3) is 0.625. The predicted octanol–water partition coefficient (Wildman–Crippen LogP) is 3.21. The molecule has 0 radical (unpaired) electrons. The summed E-state index contributed by atoms with van der Waals surface area (Å²) in [6.45, 7) is 9.08. The van der Waals surface area contributed by atoms with Gasteiger partial charge in [-0.25, -0.2) is 4.39 Å². The zero-order chi connectivity index (χ0) is 13.7. The Morgan fingerprint density at radius 1 is 1.26 bits per heavy atom. The monoisotopic (exact) mass is 264 g/mol. The van der Waals surface area contributed by atoms with Crippen LogP contribution < -0.4 is 5.32 Å². The molecule has 1 fully saturated rings. The van der Waals surface area contributed by atoms with Gasteiger partial charge in [0.25, 0.3) is 0 Å². The molecule has 1 N–H and O–H groups in total. The second kappa shape index (κ2) is 7.01. The minimum atomic E-state index is -0.164. The van der Waals surface area contributed by atoms with E-state index >= 15 is 0 Å². The summed E-state index contributed by atoms with van der Waals surface area (Å²) in [5.41, 5.74) is 1.16. The standard InChI is InChI=1S/C16H25FN2/c1-3-19-10-8-14(9-11-19)12-18-13(2)15-4-6-16(17)7-5-15/h4-7,13-14,18H,3,8-12H2,1-2H3. The first-order chi connectivity index (χ1) is 9.19. The Kier molecular flexibility index (Phi) is 5.34. The zero-order valence-electron chi connectivity index (χ0n) is 12.0. The summed E-state index contributed by atoms with van der Waals surface area (Å²) in [4.78, 5) is 2.51. The van der Waals surface area contributed by atoms with E-state index in [1.54, 1.807) is 0 Å². The van der Waals surface area contributed by atoms with E-state index in [1.807, 2.05) is 12.1 Å². The summed E-state index contributed by atoms with van der Waals surface area (Å²) in [5, 5.41) is 3.58. The SMILES string of the molecule is CCN1CCC(CNC(C)c2ccc(F)cc2)CC1. The van der Waals surface area contributed by atoms with Crippen molar-refractivity contribution in [2.24, 2.45) is 5.92 Å². The van der Waals surface area contributed by atoms with E-state index in [-0.39, 0.29) is 5.82 Å². The first kappa shape index (κ1) is 14.5. The molecule has 1 saturated heterocycles. The second-order valence-electron chi connectivity index (χ2n) is 5.56. The van der Waals surface area contributed by atoms with Crippen molar-refractivity contribution >= 4 is 0 Å². The molecule has 1 aromatic carbocycles. The molecule has 3 heteroatoms. The molecular weight excluding hydrogens is 239 g/mol. The Hall–Kier alpha value is -0.930. The van der Waals surface area contributed by atoms with Gasteiger partial charge in [-0.15, -0.1) is 0 Å². The molecule has 1 heterocycles. The van der Waals surface area contributed by atoms with Crippen LogP contribution in [0.2, 0.25) is 0 Å². The van der Waals surface area contributed by atoms with Gasteiger partial charge in [0.2, 0.25) is 0 Å². The number of benzene rings is 1. The minimum Gasteiger partial charge on any atom is -0.310 e. The van der Waals surface area contributed by atoms with Gasteiger partial charge in [-0.05, 0) is 69.6 Å². The van der Waals surface area contributed by atoms with Gasteiger partial charge in [-0.3, -0.25) is 0 Å². The molecule has 1 aliphatic heterocycles.